The maximum atomic E-state index is 12.4. The standard InChI is InChI=1S/C31H45N9O4/c1-4-31(42)37-25-17-26(28(43-3)18-27(25)40-10-7-23(8-11-40)39-12-15-44-16-13-39)35-29(32)19-30(38-33)36-24(9-14-41)22-6-5-21(2)34-20-22/h4-6,17-20,23-24,36,38,41H,1,7-16,33H2,2-3H3,(H2,32,35)(H,37,42)/b30-19-/t24-/m1/s1. The number of piperidine rings is 1. The van der Waals surface area contributed by atoms with Gasteiger partial charge in [-0.2, -0.15) is 0 Å². The van der Waals surface area contributed by atoms with E-state index in [0.717, 1.165) is 69.2 Å². The van der Waals surface area contributed by atoms with E-state index in [1.807, 2.05) is 25.1 Å². The molecule has 13 nitrogen and oxygen atoms in total. The van der Waals surface area contributed by atoms with E-state index in [0.29, 0.717) is 35.4 Å². The molecule has 2 saturated heterocycles. The molecule has 4 rings (SSSR count). The van der Waals surface area contributed by atoms with Crippen molar-refractivity contribution < 1.29 is 19.4 Å². The fourth-order valence-electron chi connectivity index (χ4n) is 5.57. The first kappa shape index (κ1) is 32.7. The zero-order chi connectivity index (χ0) is 31.5. The van der Waals surface area contributed by atoms with Gasteiger partial charge in [-0.15, -0.1) is 0 Å². The number of methoxy groups -OCH3 is 1. The number of nitrogens with zero attached hydrogens (tertiary/aromatic N) is 3. The number of ether oxygens (including phenoxy) is 2. The van der Waals surface area contributed by atoms with Gasteiger partial charge in [-0.1, -0.05) is 12.6 Å². The fraction of sp³-hybridized carbons (Fsp3) is 0.452. The molecule has 2 aliphatic rings. The van der Waals surface area contributed by atoms with E-state index >= 15 is 0 Å². The molecule has 0 unspecified atom stereocenters. The quantitative estimate of drug-likeness (QED) is 0.0585. The van der Waals surface area contributed by atoms with Crippen LogP contribution in [0.4, 0.5) is 17.1 Å². The first-order valence-electron chi connectivity index (χ1n) is 14.9. The Hall–Kier alpha value is -4.17. The third kappa shape index (κ3) is 8.69. The summed E-state index contributed by atoms with van der Waals surface area (Å²) in [7, 11) is 1.57. The number of benzene rings is 1. The van der Waals surface area contributed by atoms with E-state index in [1.54, 1.807) is 19.4 Å². The number of aryl methyl sites for hydroxylation is 1. The van der Waals surface area contributed by atoms with Crippen LogP contribution in [0.25, 0.3) is 0 Å². The first-order valence-corrected chi connectivity index (χ1v) is 14.9. The SMILES string of the molecule is C=CC(=O)Nc1cc(NC(=N)/C=C(\NN)N[C@H](CCO)c2ccc(C)nc2)c(OC)cc1N1CCC(N2CCOCC2)CC1. The molecular formula is C31H45N9O4. The van der Waals surface area contributed by atoms with Gasteiger partial charge < -0.3 is 40.9 Å². The molecule has 1 aromatic heterocycles. The summed E-state index contributed by atoms with van der Waals surface area (Å²) in [5.74, 6) is 6.35. The third-order valence-electron chi connectivity index (χ3n) is 7.93. The number of morpholine rings is 1. The lowest BCUT2D eigenvalue weighted by Crippen LogP contribution is -2.49. The van der Waals surface area contributed by atoms with Crippen LogP contribution in [0.5, 0.6) is 5.75 Å². The molecule has 2 fully saturated rings. The van der Waals surface area contributed by atoms with Gasteiger partial charge in [-0.25, -0.2) is 5.84 Å². The lowest BCUT2D eigenvalue weighted by Gasteiger charge is -2.41. The number of carbonyl (C=O) groups is 1. The van der Waals surface area contributed by atoms with Gasteiger partial charge in [0.25, 0.3) is 0 Å². The van der Waals surface area contributed by atoms with Crippen LogP contribution in [0.3, 0.4) is 0 Å². The smallest absolute Gasteiger partial charge is 0.247 e. The van der Waals surface area contributed by atoms with E-state index in [-0.39, 0.29) is 24.4 Å². The number of carbonyl (C=O) groups excluding carboxylic acids is 1. The number of amidine groups is 1. The summed E-state index contributed by atoms with van der Waals surface area (Å²) >= 11 is 0. The van der Waals surface area contributed by atoms with Gasteiger partial charge >= 0.3 is 0 Å². The van der Waals surface area contributed by atoms with Crippen molar-refractivity contribution in [3.8, 4) is 5.75 Å². The predicted molar refractivity (Wildman–Crippen MR) is 173 cm³/mol. The highest BCUT2D eigenvalue weighted by atomic mass is 16.5. The molecule has 1 atom stereocenters. The zero-order valence-electron chi connectivity index (χ0n) is 25.6. The Labute approximate surface area is 259 Å². The average molecular weight is 608 g/mol. The molecule has 3 heterocycles. The summed E-state index contributed by atoms with van der Waals surface area (Å²) in [4.78, 5) is 21.5. The Morgan fingerprint density at radius 2 is 1.98 bits per heavy atom. The Balaban J connectivity index is 1.52. The maximum absolute atomic E-state index is 12.4. The molecule has 0 spiro atoms. The lowest BCUT2D eigenvalue weighted by molar-refractivity contribution is -0.111. The number of amides is 1. The van der Waals surface area contributed by atoms with Gasteiger partial charge in [-0.3, -0.25) is 20.1 Å². The summed E-state index contributed by atoms with van der Waals surface area (Å²) in [5.41, 5.74) is 6.27. The lowest BCUT2D eigenvalue weighted by atomic mass is 10.0. The number of hydrazine groups is 1. The number of aliphatic hydroxyl groups is 1. The Morgan fingerprint density at radius 1 is 1.23 bits per heavy atom. The summed E-state index contributed by atoms with van der Waals surface area (Å²) in [5, 5.41) is 27.5. The predicted octanol–water partition coefficient (Wildman–Crippen LogP) is 2.23. The Bertz CT molecular complexity index is 1300. The van der Waals surface area contributed by atoms with Crippen LogP contribution < -0.4 is 36.9 Å². The van der Waals surface area contributed by atoms with E-state index in [1.165, 1.54) is 12.2 Å². The molecular weight excluding hydrogens is 562 g/mol. The van der Waals surface area contributed by atoms with E-state index in [4.69, 9.17) is 20.7 Å². The van der Waals surface area contributed by atoms with Gasteiger partial charge in [0, 0.05) is 62.9 Å². The highest BCUT2D eigenvalue weighted by molar-refractivity contribution is 6.05. The van der Waals surface area contributed by atoms with Crippen molar-refractivity contribution in [2.75, 3.05) is 68.6 Å². The van der Waals surface area contributed by atoms with Crippen LogP contribution in [0.2, 0.25) is 0 Å². The van der Waals surface area contributed by atoms with Crippen LogP contribution in [-0.4, -0.2) is 85.9 Å². The normalized spacial score (nSPS) is 17.0. The number of hydrogen-bond acceptors (Lipinski definition) is 11. The molecule has 2 aliphatic heterocycles. The van der Waals surface area contributed by atoms with Crippen molar-refractivity contribution >= 4 is 28.8 Å². The van der Waals surface area contributed by atoms with Crippen molar-refractivity contribution in [1.29, 1.82) is 5.41 Å². The summed E-state index contributed by atoms with van der Waals surface area (Å²) in [6, 6.07) is 7.70. The second-order valence-electron chi connectivity index (χ2n) is 10.8. The molecule has 1 aromatic carbocycles. The highest BCUT2D eigenvalue weighted by Gasteiger charge is 2.28. The van der Waals surface area contributed by atoms with Crippen LogP contribution in [0.15, 0.2) is 55.0 Å². The van der Waals surface area contributed by atoms with Crippen molar-refractivity contribution in [2.24, 2.45) is 5.84 Å². The number of aliphatic hydroxyl groups excluding tert-OH is 1. The monoisotopic (exact) mass is 607 g/mol. The molecule has 0 bridgehead atoms. The minimum atomic E-state index is -0.333. The molecule has 0 aliphatic carbocycles. The number of rotatable bonds is 13. The van der Waals surface area contributed by atoms with E-state index in [2.05, 4.69) is 42.7 Å². The van der Waals surface area contributed by atoms with Gasteiger partial charge in [0.2, 0.25) is 5.91 Å². The van der Waals surface area contributed by atoms with E-state index in [9.17, 15) is 9.90 Å². The highest BCUT2D eigenvalue weighted by Crippen LogP contribution is 2.38. The van der Waals surface area contributed by atoms with Gasteiger partial charge in [0.15, 0.2) is 0 Å². The summed E-state index contributed by atoms with van der Waals surface area (Å²) in [6.45, 7) is 10.6. The number of nitrogens with two attached hydrogens (primary N) is 1. The Kier molecular flexibility index (Phi) is 11.9. The fourth-order valence-corrected chi connectivity index (χ4v) is 5.57. The van der Waals surface area contributed by atoms with Crippen molar-refractivity contribution in [2.45, 2.75) is 38.3 Å². The molecule has 13 heteroatoms. The first-order chi connectivity index (χ1) is 21.3. The molecule has 238 valence electrons. The van der Waals surface area contributed by atoms with Gasteiger partial charge in [0.05, 0.1) is 43.4 Å². The number of anilines is 3. The number of hydrogen-bond donors (Lipinski definition) is 7. The van der Waals surface area contributed by atoms with Crippen LogP contribution in [0.1, 0.15) is 36.6 Å². The molecule has 44 heavy (non-hydrogen) atoms. The number of aromatic nitrogens is 1. The van der Waals surface area contributed by atoms with Crippen LogP contribution >= 0.6 is 0 Å². The molecule has 2 aromatic rings. The maximum Gasteiger partial charge on any atom is 0.247 e. The minimum Gasteiger partial charge on any atom is -0.494 e. The van der Waals surface area contributed by atoms with Crippen molar-refractivity contribution in [3.05, 3.63) is 66.3 Å². The van der Waals surface area contributed by atoms with Crippen LogP contribution in [0, 0.1) is 12.3 Å². The molecule has 0 radical (unpaired) electrons. The third-order valence-corrected chi connectivity index (χ3v) is 7.93. The summed E-state index contributed by atoms with van der Waals surface area (Å²) in [6.07, 6.45) is 6.90. The van der Waals surface area contributed by atoms with Gasteiger partial charge in [-0.05, 0) is 50.0 Å². The molecule has 1 amide bonds. The Morgan fingerprint density at radius 3 is 2.59 bits per heavy atom. The van der Waals surface area contributed by atoms with E-state index < -0.39 is 0 Å². The topological polar surface area (TPSA) is 173 Å². The zero-order valence-corrected chi connectivity index (χ0v) is 25.6. The van der Waals surface area contributed by atoms with Crippen molar-refractivity contribution in [3.63, 3.8) is 0 Å². The largest absolute Gasteiger partial charge is 0.494 e. The second kappa shape index (κ2) is 16.1. The van der Waals surface area contributed by atoms with Crippen LogP contribution in [-0.2, 0) is 9.53 Å². The minimum absolute atomic E-state index is 0.00797. The van der Waals surface area contributed by atoms with Gasteiger partial charge in [0.1, 0.15) is 17.4 Å². The molecule has 8 N–H and O–H groups in total. The number of nitrogens with one attached hydrogen (secondary N) is 5. The second-order valence-corrected chi connectivity index (χ2v) is 10.8. The number of pyridine rings is 1. The molecule has 0 saturated carbocycles. The summed E-state index contributed by atoms with van der Waals surface area (Å²) < 4.78 is 11.2. The average Bonchev–Trinajstić information content (AvgIpc) is 3.05. The van der Waals surface area contributed by atoms with Crippen molar-refractivity contribution in [1.82, 2.24) is 20.6 Å².